The average molecular weight is 313 g/mol. The normalized spacial score (nSPS) is 10.0. The van der Waals surface area contributed by atoms with E-state index in [1.807, 2.05) is 0 Å². The Kier molecular flexibility index (Phi) is 4.75. The van der Waals surface area contributed by atoms with Gasteiger partial charge in [-0.1, -0.05) is 6.07 Å². The molecule has 1 amide bonds. The van der Waals surface area contributed by atoms with Gasteiger partial charge in [-0.25, -0.2) is 9.59 Å². The van der Waals surface area contributed by atoms with Crippen LogP contribution in [0.3, 0.4) is 0 Å². The van der Waals surface area contributed by atoms with E-state index < -0.39 is 11.9 Å². The van der Waals surface area contributed by atoms with Crippen LogP contribution in [0.5, 0.6) is 0 Å². The first-order chi connectivity index (χ1) is 10.9. The fourth-order valence-corrected chi connectivity index (χ4v) is 2.04. The molecule has 0 saturated carbocycles. The summed E-state index contributed by atoms with van der Waals surface area (Å²) in [7, 11) is 2.84. The van der Waals surface area contributed by atoms with Crippen LogP contribution in [-0.4, -0.2) is 37.1 Å². The predicted molar refractivity (Wildman–Crippen MR) is 83.9 cm³/mol. The second kappa shape index (κ2) is 6.74. The molecule has 2 aromatic carbocycles. The van der Waals surface area contributed by atoms with Crippen molar-refractivity contribution in [2.75, 3.05) is 19.1 Å². The van der Waals surface area contributed by atoms with Crippen molar-refractivity contribution >= 4 is 23.5 Å². The number of hydrogen-bond donors (Lipinski definition) is 1. The summed E-state index contributed by atoms with van der Waals surface area (Å²) >= 11 is 0. The molecule has 6 heteroatoms. The van der Waals surface area contributed by atoms with Crippen molar-refractivity contribution in [3.63, 3.8) is 0 Å². The highest BCUT2D eigenvalue weighted by Crippen LogP contribution is 2.17. The third-order valence-corrected chi connectivity index (χ3v) is 3.34. The van der Waals surface area contributed by atoms with Gasteiger partial charge in [0.1, 0.15) is 0 Å². The van der Waals surface area contributed by atoms with Gasteiger partial charge in [0.2, 0.25) is 0 Å². The molecule has 0 heterocycles. The van der Waals surface area contributed by atoms with Crippen molar-refractivity contribution < 1.29 is 24.2 Å². The number of hydrogen-bond acceptors (Lipinski definition) is 4. The van der Waals surface area contributed by atoms with Gasteiger partial charge in [-0.2, -0.15) is 0 Å². The Morgan fingerprint density at radius 3 is 2.13 bits per heavy atom. The van der Waals surface area contributed by atoms with Gasteiger partial charge in [0.15, 0.2) is 0 Å². The zero-order chi connectivity index (χ0) is 17.0. The largest absolute Gasteiger partial charge is 0.478 e. The number of carboxylic acids is 1. The summed E-state index contributed by atoms with van der Waals surface area (Å²) in [5, 5.41) is 8.88. The van der Waals surface area contributed by atoms with Crippen molar-refractivity contribution in [2.24, 2.45) is 0 Å². The van der Waals surface area contributed by atoms with E-state index in [-0.39, 0.29) is 17.0 Å². The van der Waals surface area contributed by atoms with Gasteiger partial charge in [0.05, 0.1) is 18.2 Å². The van der Waals surface area contributed by atoms with Gasteiger partial charge in [-0.3, -0.25) is 4.79 Å². The van der Waals surface area contributed by atoms with Gasteiger partial charge in [-0.05, 0) is 42.5 Å². The molecule has 0 aromatic heterocycles. The number of amides is 1. The molecule has 0 aliphatic rings. The maximum Gasteiger partial charge on any atom is 0.337 e. The Morgan fingerprint density at radius 1 is 0.957 bits per heavy atom. The lowest BCUT2D eigenvalue weighted by Gasteiger charge is -2.18. The summed E-state index contributed by atoms with van der Waals surface area (Å²) in [6.07, 6.45) is 0. The molecule has 0 spiro atoms. The second-order valence-electron chi connectivity index (χ2n) is 4.79. The molecule has 0 aliphatic heterocycles. The number of carboxylic acid groups (broad SMARTS) is 1. The summed E-state index contributed by atoms with van der Waals surface area (Å²) in [6.45, 7) is 0. The van der Waals surface area contributed by atoms with Crippen LogP contribution in [0.15, 0.2) is 48.5 Å². The molecule has 0 bridgehead atoms. The minimum atomic E-state index is -1.03. The molecular weight excluding hydrogens is 298 g/mol. The maximum atomic E-state index is 12.5. The van der Waals surface area contributed by atoms with Crippen LogP contribution < -0.4 is 4.90 Å². The summed E-state index contributed by atoms with van der Waals surface area (Å²) in [5.41, 5.74) is 1.30. The van der Waals surface area contributed by atoms with Crippen LogP contribution in [0.25, 0.3) is 0 Å². The lowest BCUT2D eigenvalue weighted by molar-refractivity contribution is 0.0599. The first-order valence-corrected chi connectivity index (χ1v) is 6.74. The van der Waals surface area contributed by atoms with E-state index in [9.17, 15) is 14.4 Å². The van der Waals surface area contributed by atoms with Crippen molar-refractivity contribution in [2.45, 2.75) is 0 Å². The molecule has 2 rings (SSSR count). The Balaban J connectivity index is 2.25. The molecular formula is C17H15NO5. The molecule has 2 aromatic rings. The standard InChI is InChI=1S/C17H15NO5/c1-18(14-8-6-11(7-9-14)16(20)21)15(19)12-4-3-5-13(10-12)17(22)23-2/h3-10H,1-2H3,(H,20,21). The third-order valence-electron chi connectivity index (χ3n) is 3.34. The molecule has 0 radical (unpaired) electrons. The van der Waals surface area contributed by atoms with Crippen molar-refractivity contribution in [3.05, 3.63) is 65.2 Å². The zero-order valence-electron chi connectivity index (χ0n) is 12.6. The number of nitrogens with zero attached hydrogens (tertiary/aromatic N) is 1. The third kappa shape index (κ3) is 3.55. The number of carbonyl (C=O) groups excluding carboxylic acids is 2. The summed E-state index contributed by atoms with van der Waals surface area (Å²) in [6, 6.07) is 12.1. The molecule has 0 atom stereocenters. The van der Waals surface area contributed by atoms with Gasteiger partial charge in [0.25, 0.3) is 5.91 Å². The fraction of sp³-hybridized carbons (Fsp3) is 0.118. The van der Waals surface area contributed by atoms with Crippen molar-refractivity contribution in [1.29, 1.82) is 0 Å². The van der Waals surface area contributed by atoms with E-state index in [1.54, 1.807) is 37.4 Å². The molecule has 0 saturated heterocycles. The quantitative estimate of drug-likeness (QED) is 0.877. The van der Waals surface area contributed by atoms with E-state index >= 15 is 0 Å². The van der Waals surface area contributed by atoms with E-state index in [0.717, 1.165) is 0 Å². The Morgan fingerprint density at radius 2 is 1.57 bits per heavy atom. The molecule has 118 valence electrons. The Hall–Kier alpha value is -3.15. The first kappa shape index (κ1) is 16.2. The summed E-state index contributed by atoms with van der Waals surface area (Å²) in [5.74, 6) is -1.87. The first-order valence-electron chi connectivity index (χ1n) is 6.74. The van der Waals surface area contributed by atoms with Gasteiger partial charge < -0.3 is 14.7 Å². The van der Waals surface area contributed by atoms with Gasteiger partial charge in [-0.15, -0.1) is 0 Å². The van der Waals surface area contributed by atoms with Gasteiger partial charge >= 0.3 is 11.9 Å². The summed E-state index contributed by atoms with van der Waals surface area (Å²) < 4.78 is 4.63. The molecule has 23 heavy (non-hydrogen) atoms. The minimum Gasteiger partial charge on any atom is -0.478 e. The molecule has 0 aliphatic carbocycles. The highest BCUT2D eigenvalue weighted by Gasteiger charge is 2.16. The Bertz CT molecular complexity index is 752. The monoisotopic (exact) mass is 313 g/mol. The van der Waals surface area contributed by atoms with E-state index in [2.05, 4.69) is 4.74 Å². The minimum absolute atomic E-state index is 0.141. The van der Waals surface area contributed by atoms with E-state index in [1.165, 1.54) is 30.2 Å². The fourth-order valence-electron chi connectivity index (χ4n) is 2.04. The maximum absolute atomic E-state index is 12.5. The van der Waals surface area contributed by atoms with Crippen LogP contribution >= 0.6 is 0 Å². The van der Waals surface area contributed by atoms with Crippen LogP contribution in [0.1, 0.15) is 31.1 Å². The second-order valence-corrected chi connectivity index (χ2v) is 4.79. The van der Waals surface area contributed by atoms with Crippen molar-refractivity contribution in [3.8, 4) is 0 Å². The molecule has 0 fully saturated rings. The smallest absolute Gasteiger partial charge is 0.337 e. The highest BCUT2D eigenvalue weighted by atomic mass is 16.5. The number of aromatic carboxylic acids is 1. The summed E-state index contributed by atoms with van der Waals surface area (Å²) in [4.78, 5) is 36.2. The molecule has 0 unspecified atom stereocenters. The Labute approximate surface area is 132 Å². The van der Waals surface area contributed by atoms with Crippen LogP contribution in [0.4, 0.5) is 5.69 Å². The van der Waals surface area contributed by atoms with E-state index in [4.69, 9.17) is 5.11 Å². The molecule has 1 N–H and O–H groups in total. The number of ether oxygens (including phenoxy) is 1. The number of benzene rings is 2. The van der Waals surface area contributed by atoms with Crippen LogP contribution in [0, 0.1) is 0 Å². The predicted octanol–water partition coefficient (Wildman–Crippen LogP) is 2.45. The average Bonchev–Trinajstić information content (AvgIpc) is 2.59. The SMILES string of the molecule is COC(=O)c1cccc(C(=O)N(C)c2ccc(C(=O)O)cc2)c1. The number of anilines is 1. The number of methoxy groups -OCH3 is 1. The number of esters is 1. The molecule has 6 nitrogen and oxygen atoms in total. The van der Waals surface area contributed by atoms with Gasteiger partial charge in [0, 0.05) is 18.3 Å². The lowest BCUT2D eigenvalue weighted by Crippen LogP contribution is -2.26. The van der Waals surface area contributed by atoms with Crippen LogP contribution in [-0.2, 0) is 4.74 Å². The lowest BCUT2D eigenvalue weighted by atomic mass is 10.1. The topological polar surface area (TPSA) is 83.9 Å². The highest BCUT2D eigenvalue weighted by molar-refractivity contribution is 6.07. The zero-order valence-corrected chi connectivity index (χ0v) is 12.6. The number of carbonyl (C=O) groups is 3. The van der Waals surface area contributed by atoms with Crippen molar-refractivity contribution in [1.82, 2.24) is 0 Å². The van der Waals surface area contributed by atoms with E-state index in [0.29, 0.717) is 11.3 Å². The van der Waals surface area contributed by atoms with Crippen LogP contribution in [0.2, 0.25) is 0 Å². The number of rotatable bonds is 4.